The lowest BCUT2D eigenvalue weighted by atomic mass is 10.2. The van der Waals surface area contributed by atoms with Crippen LogP contribution < -0.4 is 14.2 Å². The third-order valence-corrected chi connectivity index (χ3v) is 4.57. The van der Waals surface area contributed by atoms with Crippen LogP contribution in [0.25, 0.3) is 0 Å². The van der Waals surface area contributed by atoms with Crippen molar-refractivity contribution in [1.29, 1.82) is 0 Å². The molecule has 0 atom stereocenters. The maximum absolute atomic E-state index is 6.24. The van der Waals surface area contributed by atoms with Gasteiger partial charge in [0.1, 0.15) is 29.7 Å². The van der Waals surface area contributed by atoms with Gasteiger partial charge in [-0.05, 0) is 48.7 Å². The fourth-order valence-corrected chi connectivity index (χ4v) is 2.99. The monoisotopic (exact) mass is 491 g/mol. The molecule has 0 aliphatic heterocycles. The SMILES string of the molecule is CO/N=C/c1ccc(OCCCCOc2c(Cl)cc(OCC=C(Cl)Cl)cc2Cl)cc1. The second-order valence-electron chi connectivity index (χ2n) is 5.91. The van der Waals surface area contributed by atoms with E-state index in [9.17, 15) is 0 Å². The van der Waals surface area contributed by atoms with Gasteiger partial charge in [-0.2, -0.15) is 0 Å². The van der Waals surface area contributed by atoms with E-state index >= 15 is 0 Å². The number of oxime groups is 1. The molecule has 0 saturated carbocycles. The normalized spacial score (nSPS) is 10.7. The Kier molecular flexibility index (Phi) is 11.0. The number of hydrogen-bond acceptors (Lipinski definition) is 5. The van der Waals surface area contributed by atoms with Crippen molar-refractivity contribution in [3.8, 4) is 17.2 Å². The molecule has 0 saturated heterocycles. The summed E-state index contributed by atoms with van der Waals surface area (Å²) in [6, 6.07) is 10.8. The average molecular weight is 493 g/mol. The molecule has 9 heteroatoms. The first-order chi connectivity index (χ1) is 14.5. The highest BCUT2D eigenvalue weighted by Crippen LogP contribution is 2.37. The van der Waals surface area contributed by atoms with Gasteiger partial charge in [-0.3, -0.25) is 0 Å². The Labute approximate surface area is 196 Å². The van der Waals surface area contributed by atoms with Crippen molar-refractivity contribution in [3.63, 3.8) is 0 Å². The first-order valence-corrected chi connectivity index (χ1v) is 10.6. The van der Waals surface area contributed by atoms with Crippen LogP contribution in [0.2, 0.25) is 10.0 Å². The van der Waals surface area contributed by atoms with Gasteiger partial charge in [0.05, 0.1) is 29.5 Å². The number of unbranched alkanes of at least 4 members (excludes halogenated alkanes) is 1. The molecular formula is C21H21Cl4NO4. The first kappa shape index (κ1) is 24.5. The zero-order valence-corrected chi connectivity index (χ0v) is 19.3. The predicted molar refractivity (Wildman–Crippen MR) is 123 cm³/mol. The molecule has 2 rings (SSSR count). The fourth-order valence-electron chi connectivity index (χ4n) is 2.29. The van der Waals surface area contributed by atoms with E-state index in [2.05, 4.69) is 9.99 Å². The number of benzene rings is 2. The van der Waals surface area contributed by atoms with Crippen molar-refractivity contribution in [1.82, 2.24) is 0 Å². The van der Waals surface area contributed by atoms with E-state index in [0.29, 0.717) is 34.8 Å². The highest BCUT2D eigenvalue weighted by atomic mass is 35.5. The van der Waals surface area contributed by atoms with Gasteiger partial charge >= 0.3 is 0 Å². The van der Waals surface area contributed by atoms with Gasteiger partial charge in [-0.15, -0.1) is 0 Å². The predicted octanol–water partition coefficient (Wildman–Crippen LogP) is 6.91. The summed E-state index contributed by atoms with van der Waals surface area (Å²) in [6.07, 6.45) is 4.74. The Balaban J connectivity index is 1.71. The van der Waals surface area contributed by atoms with Crippen molar-refractivity contribution in [3.05, 3.63) is 62.6 Å². The van der Waals surface area contributed by atoms with E-state index < -0.39 is 0 Å². The maximum Gasteiger partial charge on any atom is 0.156 e. The molecule has 0 aliphatic carbocycles. The number of halogens is 4. The van der Waals surface area contributed by atoms with Crippen LogP contribution in [0.5, 0.6) is 17.2 Å². The minimum Gasteiger partial charge on any atom is -0.494 e. The Morgan fingerprint density at radius 2 is 1.53 bits per heavy atom. The highest BCUT2D eigenvalue weighted by Gasteiger charge is 2.10. The van der Waals surface area contributed by atoms with Gasteiger partial charge in [0.2, 0.25) is 0 Å². The molecule has 2 aromatic carbocycles. The molecule has 0 aliphatic rings. The van der Waals surface area contributed by atoms with E-state index in [4.69, 9.17) is 60.6 Å². The van der Waals surface area contributed by atoms with Crippen LogP contribution in [0.15, 0.2) is 52.1 Å². The van der Waals surface area contributed by atoms with E-state index in [1.807, 2.05) is 24.3 Å². The Bertz CT molecular complexity index is 830. The van der Waals surface area contributed by atoms with Gasteiger partial charge in [0, 0.05) is 12.1 Å². The lowest BCUT2D eigenvalue weighted by Crippen LogP contribution is -2.03. The molecule has 30 heavy (non-hydrogen) atoms. The lowest BCUT2D eigenvalue weighted by Gasteiger charge is -2.12. The highest BCUT2D eigenvalue weighted by molar-refractivity contribution is 6.55. The third kappa shape index (κ3) is 8.92. The van der Waals surface area contributed by atoms with Gasteiger partial charge in [-0.25, -0.2) is 0 Å². The van der Waals surface area contributed by atoms with E-state index in [0.717, 1.165) is 24.2 Å². The summed E-state index contributed by atoms with van der Waals surface area (Å²) in [6.45, 7) is 1.23. The smallest absolute Gasteiger partial charge is 0.156 e. The second-order valence-corrected chi connectivity index (χ2v) is 7.73. The molecule has 2 aromatic rings. The van der Waals surface area contributed by atoms with Crippen LogP contribution in [0.1, 0.15) is 18.4 Å². The summed E-state index contributed by atoms with van der Waals surface area (Å²) in [4.78, 5) is 4.65. The van der Waals surface area contributed by atoms with Crippen LogP contribution in [0, 0.1) is 0 Å². The molecule has 0 spiro atoms. The van der Waals surface area contributed by atoms with Crippen molar-refractivity contribution in [2.45, 2.75) is 12.8 Å². The Morgan fingerprint density at radius 1 is 0.900 bits per heavy atom. The molecule has 0 bridgehead atoms. The van der Waals surface area contributed by atoms with E-state index in [1.54, 1.807) is 18.3 Å². The van der Waals surface area contributed by atoms with Gasteiger partial charge < -0.3 is 19.0 Å². The minimum atomic E-state index is 0.129. The Morgan fingerprint density at radius 3 is 2.13 bits per heavy atom. The van der Waals surface area contributed by atoms with Gasteiger partial charge in [-0.1, -0.05) is 51.6 Å². The third-order valence-electron chi connectivity index (χ3n) is 3.70. The van der Waals surface area contributed by atoms with Crippen LogP contribution in [0.4, 0.5) is 0 Å². The standard InChI is InChI=1S/C21H21Cl4NO4/c1-27-26-14-15-4-6-16(7-5-15)28-9-2-3-10-30-21-18(22)12-17(13-19(21)23)29-11-8-20(24)25/h4-8,12-14H,2-3,9-11H2,1H3/b26-14+. The fraction of sp³-hybridized carbons (Fsp3) is 0.286. The molecule has 162 valence electrons. The number of rotatable bonds is 12. The second kappa shape index (κ2) is 13.5. The summed E-state index contributed by atoms with van der Waals surface area (Å²) in [7, 11) is 1.50. The minimum absolute atomic E-state index is 0.129. The van der Waals surface area contributed by atoms with Gasteiger partial charge in [0.15, 0.2) is 5.75 Å². The summed E-state index contributed by atoms with van der Waals surface area (Å²) >= 11 is 23.6. The van der Waals surface area contributed by atoms with Crippen LogP contribution in [0.3, 0.4) is 0 Å². The lowest BCUT2D eigenvalue weighted by molar-refractivity contribution is 0.215. The van der Waals surface area contributed by atoms with Crippen molar-refractivity contribution in [2.75, 3.05) is 26.9 Å². The number of ether oxygens (including phenoxy) is 3. The number of nitrogens with zero attached hydrogens (tertiary/aromatic N) is 1. The van der Waals surface area contributed by atoms with Crippen molar-refractivity contribution in [2.24, 2.45) is 5.16 Å². The molecule has 0 unspecified atom stereocenters. The molecule has 0 aromatic heterocycles. The molecule has 0 N–H and O–H groups in total. The summed E-state index contributed by atoms with van der Waals surface area (Å²) in [5.74, 6) is 1.71. The largest absolute Gasteiger partial charge is 0.494 e. The van der Waals surface area contributed by atoms with Crippen molar-refractivity contribution < 1.29 is 19.0 Å². The summed E-state index contributed by atoms with van der Waals surface area (Å²) < 4.78 is 17.0. The summed E-state index contributed by atoms with van der Waals surface area (Å²) in [5, 5.41) is 4.45. The topological polar surface area (TPSA) is 49.3 Å². The quantitative estimate of drug-likeness (QED) is 0.183. The van der Waals surface area contributed by atoms with Crippen LogP contribution in [-0.2, 0) is 4.84 Å². The average Bonchev–Trinajstić information content (AvgIpc) is 2.71. The molecular weight excluding hydrogens is 472 g/mol. The zero-order chi connectivity index (χ0) is 21.8. The molecule has 5 nitrogen and oxygen atoms in total. The van der Waals surface area contributed by atoms with E-state index in [1.165, 1.54) is 13.2 Å². The van der Waals surface area contributed by atoms with Crippen LogP contribution >= 0.6 is 46.4 Å². The molecule has 0 amide bonds. The van der Waals surface area contributed by atoms with E-state index in [-0.39, 0.29) is 11.1 Å². The number of hydrogen-bond donors (Lipinski definition) is 0. The van der Waals surface area contributed by atoms with Gasteiger partial charge in [0.25, 0.3) is 0 Å². The molecule has 0 radical (unpaired) electrons. The zero-order valence-electron chi connectivity index (χ0n) is 16.2. The summed E-state index contributed by atoms with van der Waals surface area (Å²) in [5.41, 5.74) is 0.932. The maximum atomic E-state index is 6.24. The molecule has 0 fully saturated rings. The Hall–Kier alpha value is -1.79. The molecule has 0 heterocycles. The van der Waals surface area contributed by atoms with Crippen LogP contribution in [-0.4, -0.2) is 33.1 Å². The first-order valence-electron chi connectivity index (χ1n) is 9.05. The van der Waals surface area contributed by atoms with Crippen molar-refractivity contribution >= 4 is 52.6 Å².